The van der Waals surface area contributed by atoms with Gasteiger partial charge in [0, 0.05) is 17.2 Å². The van der Waals surface area contributed by atoms with Crippen molar-refractivity contribution in [1.82, 2.24) is 14.6 Å². The lowest BCUT2D eigenvalue weighted by Gasteiger charge is -2.20. The number of fused-ring (bicyclic) bond motifs is 1. The van der Waals surface area contributed by atoms with Gasteiger partial charge >= 0.3 is 0 Å². The predicted molar refractivity (Wildman–Crippen MR) is 90.8 cm³/mol. The van der Waals surface area contributed by atoms with Crippen molar-refractivity contribution in [3.05, 3.63) is 59.5 Å². The van der Waals surface area contributed by atoms with E-state index in [1.165, 1.54) is 0 Å². The molecule has 1 N–H and O–H groups in total. The normalized spacial score (nSPS) is 11.2. The fraction of sp³-hybridized carbons (Fsp3) is 0.222. The number of aromatic nitrogens is 3. The van der Waals surface area contributed by atoms with Crippen molar-refractivity contribution < 1.29 is 4.79 Å². The Balaban J connectivity index is 1.96. The Morgan fingerprint density at radius 3 is 2.54 bits per heavy atom. The van der Waals surface area contributed by atoms with Gasteiger partial charge in [-0.1, -0.05) is 20.8 Å². The van der Waals surface area contributed by atoms with Crippen LogP contribution in [0, 0.1) is 11.3 Å². The Kier molecular flexibility index (Phi) is 3.78. The van der Waals surface area contributed by atoms with Gasteiger partial charge in [0.05, 0.1) is 23.5 Å². The molecule has 24 heavy (non-hydrogen) atoms. The van der Waals surface area contributed by atoms with Gasteiger partial charge in [-0.2, -0.15) is 10.4 Å². The summed E-state index contributed by atoms with van der Waals surface area (Å²) in [7, 11) is 0. The van der Waals surface area contributed by atoms with Gasteiger partial charge in [0.1, 0.15) is 5.69 Å². The van der Waals surface area contributed by atoms with Gasteiger partial charge in [-0.3, -0.25) is 4.79 Å². The number of amides is 1. The lowest BCUT2D eigenvalue weighted by Crippen LogP contribution is -2.21. The van der Waals surface area contributed by atoms with Crippen LogP contribution < -0.4 is 5.32 Å². The van der Waals surface area contributed by atoms with E-state index in [4.69, 9.17) is 5.26 Å². The van der Waals surface area contributed by atoms with Gasteiger partial charge < -0.3 is 5.32 Å². The minimum atomic E-state index is -0.297. The van der Waals surface area contributed by atoms with E-state index in [0.717, 1.165) is 5.69 Å². The monoisotopic (exact) mass is 319 g/mol. The molecule has 0 radical (unpaired) electrons. The van der Waals surface area contributed by atoms with Crippen molar-refractivity contribution in [2.75, 3.05) is 5.32 Å². The molecule has 0 unspecified atom stereocenters. The molecule has 0 aliphatic heterocycles. The van der Waals surface area contributed by atoms with E-state index in [0.29, 0.717) is 22.6 Å². The Bertz CT molecular complexity index is 942. The first-order chi connectivity index (χ1) is 11.4. The molecule has 0 atom stereocenters. The topological polar surface area (TPSA) is 83.1 Å². The quantitative estimate of drug-likeness (QED) is 0.786. The zero-order chi connectivity index (χ0) is 17.3. The first-order valence-corrected chi connectivity index (χ1v) is 7.55. The standard InChI is InChI=1S/C18H17N5O/c1-18(2,3)15-10-14(22-16-8-9-20-23(15)16)17(24)21-13-6-4-12(11-19)5-7-13/h4-10H,1-3H3,(H,21,24). The summed E-state index contributed by atoms with van der Waals surface area (Å²) in [5, 5.41) is 15.9. The van der Waals surface area contributed by atoms with E-state index in [2.05, 4.69) is 36.2 Å². The molecule has 120 valence electrons. The molecule has 3 rings (SSSR count). The molecule has 3 aromatic rings. The van der Waals surface area contributed by atoms with Crippen LogP contribution in [0.5, 0.6) is 0 Å². The van der Waals surface area contributed by atoms with Crippen LogP contribution in [0.25, 0.3) is 5.65 Å². The lowest BCUT2D eigenvalue weighted by atomic mass is 9.91. The molecule has 1 amide bonds. The summed E-state index contributed by atoms with van der Waals surface area (Å²) in [6.45, 7) is 6.18. The fourth-order valence-electron chi connectivity index (χ4n) is 2.39. The molecular weight excluding hydrogens is 302 g/mol. The summed E-state index contributed by atoms with van der Waals surface area (Å²) < 4.78 is 1.75. The van der Waals surface area contributed by atoms with E-state index >= 15 is 0 Å². The Morgan fingerprint density at radius 2 is 1.92 bits per heavy atom. The predicted octanol–water partition coefficient (Wildman–Crippen LogP) is 3.15. The highest BCUT2D eigenvalue weighted by atomic mass is 16.1. The molecule has 2 heterocycles. The number of carbonyl (C=O) groups excluding carboxylic acids is 1. The highest BCUT2D eigenvalue weighted by Crippen LogP contribution is 2.23. The summed E-state index contributed by atoms with van der Waals surface area (Å²) in [4.78, 5) is 16.9. The van der Waals surface area contributed by atoms with Crippen molar-refractivity contribution in [2.45, 2.75) is 26.2 Å². The second-order valence-corrected chi connectivity index (χ2v) is 6.52. The second kappa shape index (κ2) is 5.78. The average molecular weight is 319 g/mol. The molecule has 0 aliphatic rings. The van der Waals surface area contributed by atoms with Crippen LogP contribution in [-0.4, -0.2) is 20.5 Å². The van der Waals surface area contributed by atoms with Crippen LogP contribution in [0.1, 0.15) is 42.5 Å². The van der Waals surface area contributed by atoms with Gasteiger partial charge in [-0.25, -0.2) is 9.50 Å². The molecule has 1 aromatic carbocycles. The first kappa shape index (κ1) is 15.7. The second-order valence-electron chi connectivity index (χ2n) is 6.52. The van der Waals surface area contributed by atoms with Crippen molar-refractivity contribution >= 4 is 17.2 Å². The summed E-state index contributed by atoms with van der Waals surface area (Å²) in [5.74, 6) is -0.297. The number of carbonyl (C=O) groups is 1. The smallest absolute Gasteiger partial charge is 0.274 e. The SMILES string of the molecule is CC(C)(C)c1cc(C(=O)Nc2ccc(C#N)cc2)nc2ccnn12. The van der Waals surface area contributed by atoms with Crippen LogP contribution in [0.2, 0.25) is 0 Å². The van der Waals surface area contributed by atoms with Gasteiger partial charge in [-0.15, -0.1) is 0 Å². The molecule has 0 fully saturated rings. The Labute approximate surface area is 139 Å². The fourth-order valence-corrected chi connectivity index (χ4v) is 2.39. The Morgan fingerprint density at radius 1 is 1.21 bits per heavy atom. The maximum Gasteiger partial charge on any atom is 0.274 e. The number of nitrogens with one attached hydrogen (secondary N) is 1. The van der Waals surface area contributed by atoms with Crippen LogP contribution >= 0.6 is 0 Å². The Hall–Kier alpha value is -3.20. The van der Waals surface area contributed by atoms with E-state index in [1.54, 1.807) is 47.1 Å². The van der Waals surface area contributed by atoms with Crippen molar-refractivity contribution in [2.24, 2.45) is 0 Å². The van der Waals surface area contributed by atoms with Crippen molar-refractivity contribution in [1.29, 1.82) is 5.26 Å². The lowest BCUT2D eigenvalue weighted by molar-refractivity contribution is 0.102. The highest BCUT2D eigenvalue weighted by Gasteiger charge is 2.21. The molecule has 6 heteroatoms. The molecule has 2 aromatic heterocycles. The average Bonchev–Trinajstić information content (AvgIpc) is 3.02. The van der Waals surface area contributed by atoms with E-state index in [1.807, 2.05) is 6.07 Å². The molecule has 0 spiro atoms. The number of hydrogen-bond acceptors (Lipinski definition) is 4. The van der Waals surface area contributed by atoms with E-state index in [-0.39, 0.29) is 11.3 Å². The molecule has 0 saturated heterocycles. The van der Waals surface area contributed by atoms with E-state index < -0.39 is 0 Å². The third kappa shape index (κ3) is 2.97. The molecule has 0 aliphatic carbocycles. The summed E-state index contributed by atoms with van der Waals surface area (Å²) in [5.41, 5.74) is 2.84. The number of anilines is 1. The maximum atomic E-state index is 12.5. The number of rotatable bonds is 2. The number of benzene rings is 1. The number of nitrogens with zero attached hydrogens (tertiary/aromatic N) is 4. The third-order valence-electron chi connectivity index (χ3n) is 3.63. The third-order valence-corrected chi connectivity index (χ3v) is 3.63. The van der Waals surface area contributed by atoms with Crippen LogP contribution in [0.15, 0.2) is 42.6 Å². The zero-order valence-corrected chi connectivity index (χ0v) is 13.7. The first-order valence-electron chi connectivity index (χ1n) is 7.55. The molecule has 0 bridgehead atoms. The largest absolute Gasteiger partial charge is 0.321 e. The van der Waals surface area contributed by atoms with E-state index in [9.17, 15) is 4.79 Å². The maximum absolute atomic E-state index is 12.5. The van der Waals surface area contributed by atoms with Crippen LogP contribution in [-0.2, 0) is 5.41 Å². The van der Waals surface area contributed by atoms with Gasteiger partial charge in [0.25, 0.3) is 5.91 Å². The van der Waals surface area contributed by atoms with Gasteiger partial charge in [-0.05, 0) is 30.3 Å². The molecular formula is C18H17N5O. The van der Waals surface area contributed by atoms with Gasteiger partial charge in [0.15, 0.2) is 5.65 Å². The van der Waals surface area contributed by atoms with Crippen molar-refractivity contribution in [3.8, 4) is 6.07 Å². The van der Waals surface area contributed by atoms with Crippen LogP contribution in [0.4, 0.5) is 5.69 Å². The van der Waals surface area contributed by atoms with Crippen molar-refractivity contribution in [3.63, 3.8) is 0 Å². The number of hydrogen-bond donors (Lipinski definition) is 1. The van der Waals surface area contributed by atoms with Crippen LogP contribution in [0.3, 0.4) is 0 Å². The minimum Gasteiger partial charge on any atom is -0.321 e. The molecule has 0 saturated carbocycles. The zero-order valence-electron chi connectivity index (χ0n) is 13.7. The molecule has 6 nitrogen and oxygen atoms in total. The number of nitriles is 1. The summed E-state index contributed by atoms with van der Waals surface area (Å²) >= 11 is 0. The summed E-state index contributed by atoms with van der Waals surface area (Å²) in [6.07, 6.45) is 1.67. The minimum absolute atomic E-state index is 0.184. The highest BCUT2D eigenvalue weighted by molar-refractivity contribution is 6.03. The summed E-state index contributed by atoms with van der Waals surface area (Å²) in [6, 6.07) is 12.3. The van der Waals surface area contributed by atoms with Gasteiger partial charge in [0.2, 0.25) is 0 Å².